The highest BCUT2D eigenvalue weighted by atomic mass is 16.7. The van der Waals surface area contributed by atoms with E-state index in [2.05, 4.69) is 32.8 Å². The minimum atomic E-state index is -0.430. The monoisotopic (exact) mass is 284 g/mol. The number of carbonyl (C=O) groups excluding carboxylic acids is 1. The van der Waals surface area contributed by atoms with Crippen LogP contribution in [-0.4, -0.2) is 31.8 Å². The summed E-state index contributed by atoms with van der Waals surface area (Å²) >= 11 is 0. The maximum absolute atomic E-state index is 10.8. The largest absolute Gasteiger partial charge is 0.460 e. The minimum Gasteiger partial charge on any atom is -0.460 e. The van der Waals surface area contributed by atoms with Gasteiger partial charge in [-0.05, 0) is 30.1 Å². The maximum Gasteiger partial charge on any atom is 0.330 e. The van der Waals surface area contributed by atoms with Crippen molar-refractivity contribution < 1.29 is 14.4 Å². The molecular weight excluding hydrogens is 256 g/mol. The molecule has 0 spiro atoms. The molecular formula is C15H28N2O3. The first-order chi connectivity index (χ1) is 9.26. The maximum atomic E-state index is 10.8. The zero-order valence-electron chi connectivity index (χ0n) is 12.9. The van der Waals surface area contributed by atoms with Gasteiger partial charge in [0, 0.05) is 18.7 Å². The van der Waals surface area contributed by atoms with Gasteiger partial charge >= 0.3 is 5.97 Å². The second-order valence-corrected chi connectivity index (χ2v) is 6.86. The van der Waals surface area contributed by atoms with Gasteiger partial charge in [0.05, 0.1) is 0 Å². The SMILES string of the molecule is C=CC(=O)OCCONCC1(C)CC(N)CC(C)(C)C1. The van der Waals surface area contributed by atoms with Crippen LogP contribution in [0.2, 0.25) is 0 Å². The molecule has 0 saturated heterocycles. The predicted molar refractivity (Wildman–Crippen MR) is 78.8 cm³/mol. The topological polar surface area (TPSA) is 73.6 Å². The molecule has 1 saturated carbocycles. The van der Waals surface area contributed by atoms with Crippen molar-refractivity contribution in [1.82, 2.24) is 5.48 Å². The zero-order valence-corrected chi connectivity index (χ0v) is 12.9. The van der Waals surface area contributed by atoms with Crippen molar-refractivity contribution in [3.8, 4) is 0 Å². The van der Waals surface area contributed by atoms with Crippen LogP contribution in [0.1, 0.15) is 40.0 Å². The molecule has 1 fully saturated rings. The third-order valence-electron chi connectivity index (χ3n) is 3.67. The summed E-state index contributed by atoms with van der Waals surface area (Å²) in [6, 6.07) is 0.249. The number of esters is 1. The van der Waals surface area contributed by atoms with Gasteiger partial charge in [0.1, 0.15) is 13.2 Å². The lowest BCUT2D eigenvalue weighted by Gasteiger charge is -2.45. The summed E-state index contributed by atoms with van der Waals surface area (Å²) in [6.45, 7) is 11.4. The number of carbonyl (C=O) groups is 1. The molecule has 0 bridgehead atoms. The van der Waals surface area contributed by atoms with E-state index < -0.39 is 5.97 Å². The average molecular weight is 284 g/mol. The summed E-state index contributed by atoms with van der Waals surface area (Å²) in [7, 11) is 0. The van der Waals surface area contributed by atoms with Crippen molar-refractivity contribution in [2.75, 3.05) is 19.8 Å². The Morgan fingerprint density at radius 1 is 1.40 bits per heavy atom. The Balaban J connectivity index is 2.23. The van der Waals surface area contributed by atoms with Crippen molar-refractivity contribution >= 4 is 5.97 Å². The number of hydrogen-bond acceptors (Lipinski definition) is 5. The van der Waals surface area contributed by atoms with E-state index in [0.717, 1.165) is 31.9 Å². The lowest BCUT2D eigenvalue weighted by Crippen LogP contribution is -2.46. The fourth-order valence-corrected chi connectivity index (χ4v) is 3.39. The second kappa shape index (κ2) is 7.20. The Kier molecular flexibility index (Phi) is 6.17. The summed E-state index contributed by atoms with van der Waals surface area (Å²) < 4.78 is 4.82. The van der Waals surface area contributed by atoms with Gasteiger partial charge in [-0.1, -0.05) is 27.4 Å². The molecule has 0 aromatic rings. The van der Waals surface area contributed by atoms with E-state index in [1.807, 2.05) is 0 Å². The van der Waals surface area contributed by atoms with Crippen LogP contribution in [0.4, 0.5) is 0 Å². The molecule has 0 amide bonds. The Labute approximate surface area is 121 Å². The van der Waals surface area contributed by atoms with Crippen LogP contribution in [0.3, 0.4) is 0 Å². The standard InChI is InChI=1S/C15H28N2O3/c1-5-13(18)19-6-7-20-17-11-15(4)9-12(16)8-14(2,3)10-15/h5,12,17H,1,6-11,16H2,2-4H3. The van der Waals surface area contributed by atoms with E-state index in [-0.39, 0.29) is 23.5 Å². The summed E-state index contributed by atoms with van der Waals surface area (Å²) in [5, 5.41) is 0. The molecule has 0 aromatic carbocycles. The fourth-order valence-electron chi connectivity index (χ4n) is 3.39. The number of nitrogens with one attached hydrogen (secondary N) is 1. The minimum absolute atomic E-state index is 0.138. The highest BCUT2D eigenvalue weighted by molar-refractivity contribution is 5.81. The van der Waals surface area contributed by atoms with Gasteiger partial charge in [-0.3, -0.25) is 4.84 Å². The molecule has 3 N–H and O–H groups in total. The van der Waals surface area contributed by atoms with Crippen LogP contribution < -0.4 is 11.2 Å². The zero-order chi connectivity index (χ0) is 15.2. The van der Waals surface area contributed by atoms with Crippen LogP contribution in [0.25, 0.3) is 0 Å². The third-order valence-corrected chi connectivity index (χ3v) is 3.67. The number of hydrogen-bond donors (Lipinski definition) is 2. The van der Waals surface area contributed by atoms with Crippen molar-refractivity contribution in [3.05, 3.63) is 12.7 Å². The summed E-state index contributed by atoms with van der Waals surface area (Å²) in [6.07, 6.45) is 4.33. The molecule has 5 nitrogen and oxygen atoms in total. The molecule has 1 aliphatic rings. The first kappa shape index (κ1) is 17.1. The predicted octanol–water partition coefficient (Wildman–Crippen LogP) is 1.78. The number of ether oxygens (including phenoxy) is 1. The van der Waals surface area contributed by atoms with Crippen LogP contribution in [0.5, 0.6) is 0 Å². The number of hydroxylamine groups is 1. The van der Waals surface area contributed by atoms with Gasteiger partial charge in [-0.15, -0.1) is 0 Å². The average Bonchev–Trinajstić information content (AvgIpc) is 2.29. The molecule has 0 aliphatic heterocycles. The van der Waals surface area contributed by atoms with Gasteiger partial charge in [-0.25, -0.2) is 10.3 Å². The molecule has 1 aliphatic carbocycles. The highest BCUT2D eigenvalue weighted by Crippen LogP contribution is 2.45. The molecule has 2 unspecified atom stereocenters. The summed E-state index contributed by atoms with van der Waals surface area (Å²) in [5.74, 6) is -0.430. The second-order valence-electron chi connectivity index (χ2n) is 6.86. The Morgan fingerprint density at radius 3 is 2.70 bits per heavy atom. The van der Waals surface area contributed by atoms with E-state index in [1.165, 1.54) is 0 Å². The lowest BCUT2D eigenvalue weighted by molar-refractivity contribution is -0.140. The molecule has 5 heteroatoms. The Morgan fingerprint density at radius 2 is 2.10 bits per heavy atom. The van der Waals surface area contributed by atoms with Gasteiger partial charge in [0.15, 0.2) is 0 Å². The first-order valence-electron chi connectivity index (χ1n) is 7.16. The first-order valence-corrected chi connectivity index (χ1v) is 7.16. The molecule has 0 aromatic heterocycles. The Hall–Kier alpha value is -0.910. The van der Waals surface area contributed by atoms with Crippen molar-refractivity contribution in [2.45, 2.75) is 46.1 Å². The van der Waals surface area contributed by atoms with Gasteiger partial charge in [-0.2, -0.15) is 0 Å². The van der Waals surface area contributed by atoms with Crippen molar-refractivity contribution in [3.63, 3.8) is 0 Å². The Bertz CT molecular complexity index is 344. The molecule has 116 valence electrons. The van der Waals surface area contributed by atoms with Crippen LogP contribution >= 0.6 is 0 Å². The molecule has 0 heterocycles. The van der Waals surface area contributed by atoms with E-state index in [9.17, 15) is 4.79 Å². The van der Waals surface area contributed by atoms with E-state index in [1.54, 1.807) is 0 Å². The quantitative estimate of drug-likeness (QED) is 0.323. The fraction of sp³-hybridized carbons (Fsp3) is 0.800. The lowest BCUT2D eigenvalue weighted by atomic mass is 9.63. The van der Waals surface area contributed by atoms with Crippen molar-refractivity contribution in [2.24, 2.45) is 16.6 Å². The third kappa shape index (κ3) is 6.03. The van der Waals surface area contributed by atoms with Crippen LogP contribution in [0, 0.1) is 10.8 Å². The molecule has 20 heavy (non-hydrogen) atoms. The smallest absolute Gasteiger partial charge is 0.330 e. The summed E-state index contributed by atoms with van der Waals surface area (Å²) in [4.78, 5) is 16.1. The highest BCUT2D eigenvalue weighted by Gasteiger charge is 2.39. The molecule has 1 rings (SSSR count). The number of rotatable bonds is 7. The van der Waals surface area contributed by atoms with E-state index in [4.69, 9.17) is 15.3 Å². The van der Waals surface area contributed by atoms with Crippen LogP contribution in [0.15, 0.2) is 12.7 Å². The molecule has 2 atom stereocenters. The van der Waals surface area contributed by atoms with Gasteiger partial charge in [0.2, 0.25) is 0 Å². The van der Waals surface area contributed by atoms with E-state index in [0.29, 0.717) is 6.61 Å². The van der Waals surface area contributed by atoms with E-state index >= 15 is 0 Å². The van der Waals surface area contributed by atoms with Crippen LogP contribution in [-0.2, 0) is 14.4 Å². The van der Waals surface area contributed by atoms with Gasteiger partial charge in [0.25, 0.3) is 0 Å². The summed E-state index contributed by atoms with van der Waals surface area (Å²) in [5.41, 5.74) is 9.53. The number of nitrogens with two attached hydrogens (primary N) is 1. The molecule has 0 radical (unpaired) electrons. The normalized spacial score (nSPS) is 28.9. The van der Waals surface area contributed by atoms with Gasteiger partial charge < -0.3 is 10.5 Å². The van der Waals surface area contributed by atoms with Crippen molar-refractivity contribution in [1.29, 1.82) is 0 Å².